The van der Waals surface area contributed by atoms with Crippen LogP contribution in [0.1, 0.15) is 77.8 Å². The highest BCUT2D eigenvalue weighted by molar-refractivity contribution is 5.88. The molecule has 150 valence electrons. The van der Waals surface area contributed by atoms with Crippen molar-refractivity contribution >= 4 is 17.7 Å². The van der Waals surface area contributed by atoms with E-state index >= 15 is 0 Å². The average Bonchev–Trinajstić information content (AvgIpc) is 2.55. The first-order chi connectivity index (χ1) is 12.5. The number of rotatable bonds is 9. The normalized spacial score (nSPS) is 12.6. The van der Waals surface area contributed by atoms with E-state index in [0.29, 0.717) is 25.2 Å². The first-order valence-electron chi connectivity index (χ1n) is 9.58. The Balaban J connectivity index is 2.68. The fraction of sp³-hybridized carbons (Fsp3) is 0.591. The summed E-state index contributed by atoms with van der Waals surface area (Å²) in [5.41, 5.74) is 1.70. The van der Waals surface area contributed by atoms with E-state index in [-0.39, 0.29) is 18.0 Å². The highest BCUT2D eigenvalue weighted by Crippen LogP contribution is 2.16. The maximum absolute atomic E-state index is 12.6. The van der Waals surface area contributed by atoms with Crippen LogP contribution in [0.25, 0.3) is 0 Å². The summed E-state index contributed by atoms with van der Waals surface area (Å²) in [5, 5.41) is 2.63. The summed E-state index contributed by atoms with van der Waals surface area (Å²) >= 11 is 0. The molecule has 0 saturated heterocycles. The molecule has 1 N–H and O–H groups in total. The molecule has 0 fully saturated rings. The quantitative estimate of drug-likeness (QED) is 0.686. The molecule has 1 atom stereocenters. The lowest BCUT2D eigenvalue weighted by Gasteiger charge is -2.23. The van der Waals surface area contributed by atoms with Gasteiger partial charge in [0.1, 0.15) is 11.4 Å². The smallest absolute Gasteiger partial charge is 0.408 e. The largest absolute Gasteiger partial charge is 0.444 e. The van der Waals surface area contributed by atoms with Gasteiger partial charge >= 0.3 is 6.09 Å². The summed E-state index contributed by atoms with van der Waals surface area (Å²) in [6, 6.07) is 7.52. The molecule has 0 aliphatic carbocycles. The Morgan fingerprint density at radius 2 is 1.63 bits per heavy atom. The van der Waals surface area contributed by atoms with Crippen LogP contribution in [-0.2, 0) is 20.7 Å². The highest BCUT2D eigenvalue weighted by atomic mass is 16.6. The number of carbonyl (C=O) groups excluding carboxylic acids is 3. The number of ether oxygens (including phenoxy) is 1. The number of hydrogen-bond acceptors (Lipinski definition) is 4. The third-order valence-corrected chi connectivity index (χ3v) is 4.17. The molecule has 0 saturated carbocycles. The topological polar surface area (TPSA) is 72.5 Å². The van der Waals surface area contributed by atoms with Crippen molar-refractivity contribution in [1.82, 2.24) is 5.32 Å². The Bertz CT molecular complexity index is 641. The van der Waals surface area contributed by atoms with Gasteiger partial charge in [0.15, 0.2) is 5.78 Å². The van der Waals surface area contributed by atoms with Crippen LogP contribution in [0.2, 0.25) is 0 Å². The van der Waals surface area contributed by atoms with Crippen molar-refractivity contribution in [1.29, 1.82) is 0 Å². The molecule has 1 amide bonds. The molecule has 1 aromatic rings. The molecule has 0 aliphatic rings. The van der Waals surface area contributed by atoms with E-state index in [1.807, 2.05) is 12.1 Å². The van der Waals surface area contributed by atoms with E-state index in [2.05, 4.69) is 31.3 Å². The molecular formula is C22H33NO4. The fourth-order valence-electron chi connectivity index (χ4n) is 2.62. The van der Waals surface area contributed by atoms with Gasteiger partial charge in [-0.3, -0.25) is 4.79 Å². The van der Waals surface area contributed by atoms with Crippen LogP contribution in [0.15, 0.2) is 24.3 Å². The average molecular weight is 376 g/mol. The third-order valence-electron chi connectivity index (χ3n) is 4.17. The van der Waals surface area contributed by atoms with Gasteiger partial charge in [-0.05, 0) is 57.6 Å². The van der Waals surface area contributed by atoms with Gasteiger partial charge in [-0.15, -0.1) is 0 Å². The van der Waals surface area contributed by atoms with Gasteiger partial charge in [0, 0.05) is 12.8 Å². The van der Waals surface area contributed by atoms with Crippen molar-refractivity contribution in [2.45, 2.75) is 84.8 Å². The molecule has 0 heterocycles. The Kier molecular flexibility index (Phi) is 8.67. The molecule has 0 aliphatic heterocycles. The Hall–Kier alpha value is -2.17. The molecule has 5 heteroatoms. The maximum Gasteiger partial charge on any atom is 0.408 e. The van der Waals surface area contributed by atoms with Crippen molar-refractivity contribution in [3.8, 4) is 0 Å². The van der Waals surface area contributed by atoms with E-state index in [0.717, 1.165) is 5.56 Å². The number of hydrogen-bond donors (Lipinski definition) is 1. The first kappa shape index (κ1) is 22.9. The lowest BCUT2D eigenvalue weighted by atomic mass is 9.97. The molecule has 1 aromatic carbocycles. The van der Waals surface area contributed by atoms with Gasteiger partial charge in [0.05, 0.1) is 6.04 Å². The van der Waals surface area contributed by atoms with E-state index in [1.165, 1.54) is 12.5 Å². The second-order valence-corrected chi connectivity index (χ2v) is 8.30. The van der Waals surface area contributed by atoms with Crippen LogP contribution in [0.5, 0.6) is 0 Å². The van der Waals surface area contributed by atoms with Crippen LogP contribution < -0.4 is 5.32 Å². The lowest BCUT2D eigenvalue weighted by molar-refractivity contribution is -0.121. The van der Waals surface area contributed by atoms with Gasteiger partial charge < -0.3 is 14.8 Å². The third kappa shape index (κ3) is 9.36. The van der Waals surface area contributed by atoms with Gasteiger partial charge in [-0.25, -0.2) is 4.79 Å². The molecule has 27 heavy (non-hydrogen) atoms. The molecule has 5 nitrogen and oxygen atoms in total. The summed E-state index contributed by atoms with van der Waals surface area (Å²) in [5.74, 6) is 0.368. The number of benzene rings is 1. The highest BCUT2D eigenvalue weighted by Gasteiger charge is 2.24. The number of alkyl carbamates (subject to hydrolysis) is 1. The molecule has 0 aromatic heterocycles. The zero-order valence-electron chi connectivity index (χ0n) is 17.4. The minimum atomic E-state index is -0.710. The van der Waals surface area contributed by atoms with Gasteiger partial charge in [-0.1, -0.05) is 38.1 Å². The zero-order valence-corrected chi connectivity index (χ0v) is 17.4. The molecule has 0 radical (unpaired) electrons. The van der Waals surface area contributed by atoms with E-state index in [1.54, 1.807) is 20.8 Å². The van der Waals surface area contributed by atoms with Crippen LogP contribution in [0.4, 0.5) is 4.79 Å². The second-order valence-electron chi connectivity index (χ2n) is 8.30. The minimum absolute atomic E-state index is 0.0111. The molecule has 1 rings (SSSR count). The van der Waals surface area contributed by atoms with Gasteiger partial charge in [0.2, 0.25) is 0 Å². The molecule has 0 unspecified atom stereocenters. The summed E-state index contributed by atoms with van der Waals surface area (Å²) < 4.78 is 5.24. The summed E-state index contributed by atoms with van der Waals surface area (Å²) in [4.78, 5) is 35.9. The monoisotopic (exact) mass is 375 g/mol. The Labute approximate surface area is 162 Å². The predicted molar refractivity (Wildman–Crippen MR) is 107 cm³/mol. The van der Waals surface area contributed by atoms with E-state index < -0.39 is 17.7 Å². The number of carbonyl (C=O) groups is 3. The van der Waals surface area contributed by atoms with Crippen LogP contribution >= 0.6 is 0 Å². The predicted octanol–water partition coefficient (Wildman–Crippen LogP) is 4.57. The number of nitrogens with one attached hydrogen (secondary N) is 1. The summed E-state index contributed by atoms with van der Waals surface area (Å²) in [6.07, 6.45) is 0.809. The zero-order chi connectivity index (χ0) is 20.6. The van der Waals surface area contributed by atoms with Crippen molar-refractivity contribution in [3.63, 3.8) is 0 Å². The van der Waals surface area contributed by atoms with E-state index in [4.69, 9.17) is 4.74 Å². The van der Waals surface area contributed by atoms with E-state index in [9.17, 15) is 14.4 Å². The summed E-state index contributed by atoms with van der Waals surface area (Å²) in [7, 11) is 0. The maximum atomic E-state index is 12.6. The van der Waals surface area contributed by atoms with Crippen LogP contribution in [-0.4, -0.2) is 29.3 Å². The number of aryl methyl sites for hydroxylation is 1. The van der Waals surface area contributed by atoms with Crippen molar-refractivity contribution < 1.29 is 19.1 Å². The number of amides is 1. The van der Waals surface area contributed by atoms with Crippen molar-refractivity contribution in [2.75, 3.05) is 0 Å². The Morgan fingerprint density at radius 3 is 2.11 bits per heavy atom. The van der Waals surface area contributed by atoms with Crippen LogP contribution in [0.3, 0.4) is 0 Å². The minimum Gasteiger partial charge on any atom is -0.444 e. The second kappa shape index (κ2) is 10.2. The molecule has 0 spiro atoms. The SMILES string of the molecule is CC(=O)CC[C@@H](NC(=O)OC(C)(C)C)C(=O)CCc1ccc(C(C)C)cc1. The van der Waals surface area contributed by atoms with Gasteiger partial charge in [-0.2, -0.15) is 0 Å². The molecule has 0 bridgehead atoms. The number of Topliss-reactive ketones (excluding diaryl/α,β-unsaturated/α-hetero) is 2. The van der Waals surface area contributed by atoms with Crippen LogP contribution in [0, 0.1) is 0 Å². The standard InChI is InChI=1S/C22H33NO4/c1-15(2)18-11-8-17(9-12-18)10-14-20(25)19(13-7-16(3)24)23-21(26)27-22(4,5)6/h8-9,11-12,15,19H,7,10,13-14H2,1-6H3,(H,23,26)/t19-/m1/s1. The van der Waals surface area contributed by atoms with Gasteiger partial charge in [0.25, 0.3) is 0 Å². The number of ketones is 2. The summed E-state index contributed by atoms with van der Waals surface area (Å²) in [6.45, 7) is 11.0. The van der Waals surface area contributed by atoms with Crippen molar-refractivity contribution in [3.05, 3.63) is 35.4 Å². The fourth-order valence-corrected chi connectivity index (χ4v) is 2.62. The van der Waals surface area contributed by atoms with Crippen molar-refractivity contribution in [2.24, 2.45) is 0 Å². The first-order valence-corrected chi connectivity index (χ1v) is 9.58. The lowest BCUT2D eigenvalue weighted by Crippen LogP contribution is -2.43. The Morgan fingerprint density at radius 1 is 1.04 bits per heavy atom. The molecular weight excluding hydrogens is 342 g/mol.